The number of methoxy groups -OCH3 is 1. The maximum atomic E-state index is 12.2. The first-order chi connectivity index (χ1) is 8.95. The van der Waals surface area contributed by atoms with Crippen molar-refractivity contribution in [1.29, 1.82) is 0 Å². The van der Waals surface area contributed by atoms with Crippen molar-refractivity contribution in [1.82, 2.24) is 9.88 Å². The van der Waals surface area contributed by atoms with Crippen LogP contribution in [0, 0.1) is 0 Å². The Morgan fingerprint density at radius 2 is 2.26 bits per heavy atom. The molecule has 1 aromatic rings. The summed E-state index contributed by atoms with van der Waals surface area (Å²) < 4.78 is 4.97. The van der Waals surface area contributed by atoms with Crippen molar-refractivity contribution in [2.45, 2.75) is 26.3 Å². The lowest BCUT2D eigenvalue weighted by molar-refractivity contribution is 0.0785. The zero-order valence-corrected chi connectivity index (χ0v) is 12.7. The summed E-state index contributed by atoms with van der Waals surface area (Å²) in [7, 11) is 3.40. The quantitative estimate of drug-likeness (QED) is 0.745. The number of hydrogen-bond donors (Lipinski definition) is 2. The molecule has 0 aromatic carbocycles. The third kappa shape index (κ3) is 4.68. The molecule has 0 saturated carbocycles. The van der Waals surface area contributed by atoms with Crippen molar-refractivity contribution in [3.8, 4) is 0 Å². The van der Waals surface area contributed by atoms with Crippen LogP contribution in [0.1, 0.15) is 29.9 Å². The van der Waals surface area contributed by atoms with Gasteiger partial charge in [0.2, 0.25) is 0 Å². The molecule has 0 aliphatic carbocycles. The molecule has 1 amide bonds. The lowest BCUT2D eigenvalue weighted by Crippen LogP contribution is -2.28. The van der Waals surface area contributed by atoms with Gasteiger partial charge in [-0.3, -0.25) is 4.79 Å². The van der Waals surface area contributed by atoms with E-state index in [0.29, 0.717) is 23.2 Å². The summed E-state index contributed by atoms with van der Waals surface area (Å²) in [6.07, 6.45) is 0.800. The number of hydrogen-bond acceptors (Lipinski definition) is 6. The second kappa shape index (κ2) is 7.30. The van der Waals surface area contributed by atoms with Crippen molar-refractivity contribution in [2.75, 3.05) is 38.4 Å². The van der Waals surface area contributed by atoms with Gasteiger partial charge in [-0.05, 0) is 20.3 Å². The standard InChI is InChI=1S/C12H22N4O2S/c1-8(2)14-12-15-10(13)9(19-12)11(17)16(3)6-5-7-18-4/h8H,5-7,13H2,1-4H3,(H,14,15). The molecule has 0 atom stereocenters. The van der Waals surface area contributed by atoms with Crippen molar-refractivity contribution in [3.05, 3.63) is 4.88 Å². The third-order valence-electron chi connectivity index (χ3n) is 2.45. The van der Waals surface area contributed by atoms with E-state index in [2.05, 4.69) is 10.3 Å². The van der Waals surface area contributed by atoms with E-state index in [0.717, 1.165) is 6.42 Å². The fourth-order valence-corrected chi connectivity index (χ4v) is 2.54. The molecule has 1 rings (SSSR count). The van der Waals surface area contributed by atoms with E-state index in [1.165, 1.54) is 11.3 Å². The maximum Gasteiger partial charge on any atom is 0.267 e. The average Bonchev–Trinajstić information content (AvgIpc) is 2.68. The van der Waals surface area contributed by atoms with Gasteiger partial charge in [0.05, 0.1) is 0 Å². The number of nitrogens with one attached hydrogen (secondary N) is 1. The number of thiazole rings is 1. The Morgan fingerprint density at radius 3 is 2.84 bits per heavy atom. The van der Waals surface area contributed by atoms with Gasteiger partial charge in [0.1, 0.15) is 10.7 Å². The monoisotopic (exact) mass is 286 g/mol. The van der Waals surface area contributed by atoms with Crippen molar-refractivity contribution >= 4 is 28.2 Å². The topological polar surface area (TPSA) is 80.5 Å². The number of ether oxygens (including phenoxy) is 1. The third-order valence-corrected chi connectivity index (χ3v) is 3.44. The van der Waals surface area contributed by atoms with E-state index in [-0.39, 0.29) is 17.8 Å². The molecule has 0 aliphatic heterocycles. The summed E-state index contributed by atoms with van der Waals surface area (Å²) in [5.41, 5.74) is 5.80. The molecular weight excluding hydrogens is 264 g/mol. The number of carbonyl (C=O) groups is 1. The Labute approximate surface area is 118 Å². The lowest BCUT2D eigenvalue weighted by Gasteiger charge is -2.15. The van der Waals surface area contributed by atoms with Crippen LogP contribution in [0.5, 0.6) is 0 Å². The summed E-state index contributed by atoms with van der Waals surface area (Å²) in [5, 5.41) is 3.83. The first-order valence-corrected chi connectivity index (χ1v) is 7.04. The van der Waals surface area contributed by atoms with E-state index < -0.39 is 0 Å². The molecule has 7 heteroatoms. The number of nitrogen functional groups attached to an aromatic ring is 1. The van der Waals surface area contributed by atoms with Crippen LogP contribution in [0.15, 0.2) is 0 Å². The Bertz CT molecular complexity index is 420. The van der Waals surface area contributed by atoms with Crippen LogP contribution in [0.2, 0.25) is 0 Å². The van der Waals surface area contributed by atoms with Gasteiger partial charge in [0.15, 0.2) is 5.13 Å². The molecule has 0 unspecified atom stereocenters. The number of aromatic nitrogens is 1. The number of carbonyl (C=O) groups excluding carboxylic acids is 1. The highest BCUT2D eigenvalue weighted by Gasteiger charge is 2.19. The molecule has 0 radical (unpaired) electrons. The zero-order chi connectivity index (χ0) is 14.4. The predicted molar refractivity (Wildman–Crippen MR) is 78.7 cm³/mol. The first-order valence-electron chi connectivity index (χ1n) is 6.23. The number of amides is 1. The highest BCUT2D eigenvalue weighted by Crippen LogP contribution is 2.26. The molecular formula is C12H22N4O2S. The Hall–Kier alpha value is -1.34. The van der Waals surface area contributed by atoms with Gasteiger partial charge in [-0.25, -0.2) is 4.98 Å². The highest BCUT2D eigenvalue weighted by molar-refractivity contribution is 7.18. The van der Waals surface area contributed by atoms with E-state index in [9.17, 15) is 4.79 Å². The van der Waals surface area contributed by atoms with Crippen molar-refractivity contribution in [3.63, 3.8) is 0 Å². The zero-order valence-electron chi connectivity index (χ0n) is 11.9. The van der Waals surface area contributed by atoms with E-state index in [4.69, 9.17) is 10.5 Å². The predicted octanol–water partition coefficient (Wildman–Crippen LogP) is 1.65. The number of rotatable bonds is 7. The molecule has 0 aliphatic rings. The summed E-state index contributed by atoms with van der Waals surface area (Å²) in [5.74, 6) is 0.194. The molecule has 0 saturated heterocycles. The smallest absolute Gasteiger partial charge is 0.267 e. The molecule has 6 nitrogen and oxygen atoms in total. The normalized spacial score (nSPS) is 10.8. The molecule has 0 fully saturated rings. The molecule has 1 heterocycles. The molecule has 108 valence electrons. The number of nitrogens with zero attached hydrogens (tertiary/aromatic N) is 2. The molecule has 3 N–H and O–H groups in total. The second-order valence-corrected chi connectivity index (χ2v) is 5.60. The largest absolute Gasteiger partial charge is 0.385 e. The summed E-state index contributed by atoms with van der Waals surface area (Å²) in [6, 6.07) is 0.257. The Balaban J connectivity index is 2.68. The van der Waals surface area contributed by atoms with Crippen molar-refractivity contribution < 1.29 is 9.53 Å². The SMILES string of the molecule is COCCCN(C)C(=O)c1sc(NC(C)C)nc1N. The Morgan fingerprint density at radius 1 is 1.58 bits per heavy atom. The van der Waals surface area contributed by atoms with Gasteiger partial charge >= 0.3 is 0 Å². The number of anilines is 2. The van der Waals surface area contributed by atoms with Crippen LogP contribution < -0.4 is 11.1 Å². The fraction of sp³-hybridized carbons (Fsp3) is 0.667. The van der Waals surface area contributed by atoms with Gasteiger partial charge in [-0.15, -0.1) is 0 Å². The van der Waals surface area contributed by atoms with Gasteiger partial charge in [-0.1, -0.05) is 11.3 Å². The number of nitrogens with two attached hydrogens (primary N) is 1. The van der Waals surface area contributed by atoms with Crippen LogP contribution in [0.25, 0.3) is 0 Å². The van der Waals surface area contributed by atoms with Crippen LogP contribution in [0.4, 0.5) is 10.9 Å². The van der Waals surface area contributed by atoms with Gasteiger partial charge in [0, 0.05) is 33.4 Å². The lowest BCUT2D eigenvalue weighted by atomic mass is 10.3. The summed E-state index contributed by atoms with van der Waals surface area (Å²) in [4.78, 5) is 18.5. The highest BCUT2D eigenvalue weighted by atomic mass is 32.1. The van der Waals surface area contributed by atoms with Crippen LogP contribution in [-0.4, -0.2) is 49.1 Å². The van der Waals surface area contributed by atoms with Crippen molar-refractivity contribution in [2.24, 2.45) is 0 Å². The molecule has 1 aromatic heterocycles. The summed E-state index contributed by atoms with van der Waals surface area (Å²) in [6.45, 7) is 5.29. The molecule has 0 spiro atoms. The Kier molecular flexibility index (Phi) is 6.04. The summed E-state index contributed by atoms with van der Waals surface area (Å²) >= 11 is 1.29. The molecule has 19 heavy (non-hydrogen) atoms. The van der Waals surface area contributed by atoms with Crippen LogP contribution in [0.3, 0.4) is 0 Å². The second-order valence-electron chi connectivity index (χ2n) is 4.61. The van der Waals surface area contributed by atoms with E-state index in [1.54, 1.807) is 19.1 Å². The van der Waals surface area contributed by atoms with Crippen LogP contribution >= 0.6 is 11.3 Å². The minimum atomic E-state index is -0.0945. The minimum absolute atomic E-state index is 0.0945. The van der Waals surface area contributed by atoms with Gasteiger partial charge < -0.3 is 20.7 Å². The maximum absolute atomic E-state index is 12.2. The minimum Gasteiger partial charge on any atom is -0.385 e. The first kappa shape index (κ1) is 15.7. The fourth-order valence-electron chi connectivity index (χ4n) is 1.51. The van der Waals surface area contributed by atoms with Crippen LogP contribution in [-0.2, 0) is 4.74 Å². The van der Waals surface area contributed by atoms with Gasteiger partial charge in [-0.2, -0.15) is 0 Å². The average molecular weight is 286 g/mol. The van der Waals surface area contributed by atoms with E-state index in [1.807, 2.05) is 13.8 Å². The molecule has 0 bridgehead atoms. The van der Waals surface area contributed by atoms with E-state index >= 15 is 0 Å². The van der Waals surface area contributed by atoms with Gasteiger partial charge in [0.25, 0.3) is 5.91 Å².